The Hall–Kier alpha value is -1.01. The summed E-state index contributed by atoms with van der Waals surface area (Å²) in [6.07, 6.45) is 8.23. The van der Waals surface area contributed by atoms with E-state index in [0.717, 1.165) is 19.3 Å². The lowest BCUT2D eigenvalue weighted by Gasteiger charge is -2.17. The summed E-state index contributed by atoms with van der Waals surface area (Å²) in [5.41, 5.74) is 5.66. The van der Waals surface area contributed by atoms with E-state index in [1.165, 1.54) is 0 Å². The average Bonchev–Trinajstić information content (AvgIpc) is 2.17. The molecule has 0 spiro atoms. The summed E-state index contributed by atoms with van der Waals surface area (Å²) in [6.45, 7) is 4.00. The minimum absolute atomic E-state index is 0.0652. The topological polar surface area (TPSA) is 55.1 Å². The first-order valence-corrected chi connectivity index (χ1v) is 5.15. The molecule has 0 bridgehead atoms. The van der Waals surface area contributed by atoms with Gasteiger partial charge in [-0.1, -0.05) is 20.3 Å². The van der Waals surface area contributed by atoms with Crippen LogP contribution < -0.4 is 11.1 Å². The fraction of sp³-hybridized carbons (Fsp3) is 0.727. The molecule has 14 heavy (non-hydrogen) atoms. The van der Waals surface area contributed by atoms with E-state index < -0.39 is 6.04 Å². The Morgan fingerprint density at radius 3 is 2.64 bits per heavy atom. The number of terminal acetylenes is 1. The van der Waals surface area contributed by atoms with Crippen LogP contribution in [0.3, 0.4) is 0 Å². The van der Waals surface area contributed by atoms with E-state index in [1.54, 1.807) is 0 Å². The first kappa shape index (κ1) is 13.0. The van der Waals surface area contributed by atoms with E-state index in [4.69, 9.17) is 12.2 Å². The summed E-state index contributed by atoms with van der Waals surface area (Å²) in [5, 5.41) is 2.85. The normalized spacial score (nSPS) is 14.1. The monoisotopic (exact) mass is 196 g/mol. The van der Waals surface area contributed by atoms with Gasteiger partial charge in [-0.05, 0) is 12.8 Å². The molecule has 0 saturated carbocycles. The van der Waals surface area contributed by atoms with Gasteiger partial charge in [0.05, 0.1) is 6.04 Å². The Bertz CT molecular complexity index is 208. The number of amides is 1. The van der Waals surface area contributed by atoms with Crippen molar-refractivity contribution in [1.29, 1.82) is 0 Å². The Balaban J connectivity index is 3.96. The third-order valence-corrected chi connectivity index (χ3v) is 2.14. The highest BCUT2D eigenvalue weighted by molar-refractivity contribution is 5.81. The molecule has 0 radical (unpaired) electrons. The smallest absolute Gasteiger partial charge is 0.237 e. The van der Waals surface area contributed by atoms with E-state index in [-0.39, 0.29) is 11.9 Å². The molecule has 0 aromatic rings. The highest BCUT2D eigenvalue weighted by Gasteiger charge is 2.15. The van der Waals surface area contributed by atoms with Gasteiger partial charge in [-0.25, -0.2) is 0 Å². The summed E-state index contributed by atoms with van der Waals surface area (Å²) in [5.74, 6) is 2.45. The first-order valence-electron chi connectivity index (χ1n) is 5.15. The maximum atomic E-state index is 11.5. The van der Waals surface area contributed by atoms with Crippen molar-refractivity contribution >= 4 is 5.91 Å². The van der Waals surface area contributed by atoms with E-state index in [1.807, 2.05) is 13.8 Å². The second kappa shape index (κ2) is 7.40. The number of carbonyl (C=O) groups excluding carboxylic acids is 1. The Morgan fingerprint density at radius 2 is 2.21 bits per heavy atom. The van der Waals surface area contributed by atoms with Crippen molar-refractivity contribution < 1.29 is 4.79 Å². The van der Waals surface area contributed by atoms with Crippen molar-refractivity contribution in [3.8, 4) is 12.3 Å². The molecule has 0 aliphatic rings. The van der Waals surface area contributed by atoms with Crippen LogP contribution in [0.25, 0.3) is 0 Å². The molecule has 0 heterocycles. The van der Waals surface area contributed by atoms with Crippen molar-refractivity contribution in [3.63, 3.8) is 0 Å². The average molecular weight is 196 g/mol. The van der Waals surface area contributed by atoms with Crippen LogP contribution in [0.15, 0.2) is 0 Å². The van der Waals surface area contributed by atoms with Crippen LogP contribution in [0, 0.1) is 12.3 Å². The van der Waals surface area contributed by atoms with Gasteiger partial charge in [-0.15, -0.1) is 12.3 Å². The molecular weight excluding hydrogens is 176 g/mol. The van der Waals surface area contributed by atoms with Crippen molar-refractivity contribution in [2.45, 2.75) is 51.6 Å². The van der Waals surface area contributed by atoms with Crippen molar-refractivity contribution in [1.82, 2.24) is 5.32 Å². The zero-order valence-electron chi connectivity index (χ0n) is 9.05. The minimum atomic E-state index is -0.396. The van der Waals surface area contributed by atoms with Crippen LogP contribution in [0.2, 0.25) is 0 Å². The van der Waals surface area contributed by atoms with Gasteiger partial charge in [-0.3, -0.25) is 4.79 Å². The molecule has 3 heteroatoms. The van der Waals surface area contributed by atoms with Crippen molar-refractivity contribution in [2.24, 2.45) is 5.73 Å². The van der Waals surface area contributed by atoms with Crippen LogP contribution in [0.1, 0.15) is 39.5 Å². The summed E-state index contributed by atoms with van der Waals surface area (Å²) in [6, 6.07) is -0.331. The molecule has 0 rings (SSSR count). The lowest BCUT2D eigenvalue weighted by Crippen LogP contribution is -2.45. The number of hydrogen-bond acceptors (Lipinski definition) is 2. The Kier molecular flexibility index (Phi) is 6.87. The second-order valence-electron chi connectivity index (χ2n) is 3.42. The molecule has 80 valence electrons. The summed E-state index contributed by atoms with van der Waals surface area (Å²) in [4.78, 5) is 11.5. The minimum Gasteiger partial charge on any atom is -0.351 e. The van der Waals surface area contributed by atoms with Gasteiger partial charge in [0.1, 0.15) is 0 Å². The lowest BCUT2D eigenvalue weighted by molar-refractivity contribution is -0.123. The fourth-order valence-electron chi connectivity index (χ4n) is 1.19. The molecule has 2 atom stereocenters. The van der Waals surface area contributed by atoms with E-state index >= 15 is 0 Å². The second-order valence-corrected chi connectivity index (χ2v) is 3.42. The van der Waals surface area contributed by atoms with Gasteiger partial charge in [0.15, 0.2) is 0 Å². The molecule has 0 aromatic carbocycles. The molecule has 1 unspecified atom stereocenters. The highest BCUT2D eigenvalue weighted by Crippen LogP contribution is 1.99. The predicted octanol–water partition coefficient (Wildman–Crippen LogP) is 1.03. The number of nitrogens with two attached hydrogens (primary N) is 1. The molecular formula is C11H20N2O. The van der Waals surface area contributed by atoms with Crippen LogP contribution in [0.5, 0.6) is 0 Å². The molecule has 0 aliphatic heterocycles. The van der Waals surface area contributed by atoms with Crippen LogP contribution >= 0.6 is 0 Å². The van der Waals surface area contributed by atoms with E-state index in [2.05, 4.69) is 11.2 Å². The lowest BCUT2D eigenvalue weighted by atomic mass is 10.1. The molecule has 0 aromatic heterocycles. The zero-order chi connectivity index (χ0) is 11.0. The third kappa shape index (κ3) is 4.88. The highest BCUT2D eigenvalue weighted by atomic mass is 16.2. The number of nitrogens with one attached hydrogen (secondary N) is 1. The standard InChI is InChI=1S/C11H20N2O/c1-4-7-9(6-3)13-11(14)10(12)8-5-2/h1,9-10H,5-8,12H2,2-3H3,(H,13,14)/t9?,10-/m0/s1. The van der Waals surface area contributed by atoms with Gasteiger partial charge >= 0.3 is 0 Å². The summed E-state index contributed by atoms with van der Waals surface area (Å²) >= 11 is 0. The van der Waals surface area contributed by atoms with Gasteiger partial charge < -0.3 is 11.1 Å². The molecule has 0 saturated heterocycles. The first-order chi connectivity index (χ1) is 6.65. The van der Waals surface area contributed by atoms with E-state index in [9.17, 15) is 4.79 Å². The van der Waals surface area contributed by atoms with Crippen LogP contribution in [0.4, 0.5) is 0 Å². The summed E-state index contributed by atoms with van der Waals surface area (Å²) in [7, 11) is 0. The molecule has 0 aliphatic carbocycles. The number of rotatable bonds is 6. The molecule has 3 nitrogen and oxygen atoms in total. The number of hydrogen-bond donors (Lipinski definition) is 2. The van der Waals surface area contributed by atoms with Crippen LogP contribution in [-0.2, 0) is 4.79 Å². The Morgan fingerprint density at radius 1 is 1.57 bits per heavy atom. The number of carbonyl (C=O) groups is 1. The maximum absolute atomic E-state index is 11.5. The molecule has 3 N–H and O–H groups in total. The third-order valence-electron chi connectivity index (χ3n) is 2.14. The van der Waals surface area contributed by atoms with E-state index in [0.29, 0.717) is 6.42 Å². The fourth-order valence-corrected chi connectivity index (χ4v) is 1.19. The Labute approximate surface area is 86.4 Å². The van der Waals surface area contributed by atoms with Gasteiger partial charge in [0, 0.05) is 12.5 Å². The van der Waals surface area contributed by atoms with Crippen LogP contribution in [-0.4, -0.2) is 18.0 Å². The quantitative estimate of drug-likeness (QED) is 0.623. The van der Waals surface area contributed by atoms with Crippen molar-refractivity contribution in [2.75, 3.05) is 0 Å². The SMILES string of the molecule is C#CCC(CC)NC(=O)[C@@H](N)CCC. The van der Waals surface area contributed by atoms with Gasteiger partial charge in [0.2, 0.25) is 5.91 Å². The molecule has 1 amide bonds. The summed E-state index contributed by atoms with van der Waals surface area (Å²) < 4.78 is 0. The zero-order valence-corrected chi connectivity index (χ0v) is 9.05. The maximum Gasteiger partial charge on any atom is 0.237 e. The van der Waals surface area contributed by atoms with Gasteiger partial charge in [0.25, 0.3) is 0 Å². The van der Waals surface area contributed by atoms with Crippen molar-refractivity contribution in [3.05, 3.63) is 0 Å². The molecule has 0 fully saturated rings. The largest absolute Gasteiger partial charge is 0.351 e. The van der Waals surface area contributed by atoms with Gasteiger partial charge in [-0.2, -0.15) is 0 Å². The predicted molar refractivity (Wildman–Crippen MR) is 58.6 cm³/mol.